The Morgan fingerprint density at radius 2 is 1.76 bits per heavy atom. The SMILES string of the molecule is CCNC(=O)c1ccc(C(=O)NS(=O)(=O)c2ccc(OC)cc2)cn1. The Balaban J connectivity index is 2.13. The molecule has 8 nitrogen and oxygen atoms in total. The normalized spacial score (nSPS) is 10.8. The van der Waals surface area contributed by atoms with E-state index in [-0.39, 0.29) is 22.1 Å². The summed E-state index contributed by atoms with van der Waals surface area (Å²) in [6, 6.07) is 8.27. The van der Waals surface area contributed by atoms with Crippen LogP contribution in [0.25, 0.3) is 0 Å². The summed E-state index contributed by atoms with van der Waals surface area (Å²) in [6.07, 6.45) is 1.14. The zero-order chi connectivity index (χ0) is 18.4. The largest absolute Gasteiger partial charge is 0.497 e. The van der Waals surface area contributed by atoms with Crippen LogP contribution in [-0.4, -0.2) is 38.9 Å². The van der Waals surface area contributed by atoms with Gasteiger partial charge in [-0.05, 0) is 43.3 Å². The predicted molar refractivity (Wildman–Crippen MR) is 89.9 cm³/mol. The first-order valence-electron chi connectivity index (χ1n) is 7.33. The number of carbonyl (C=O) groups excluding carboxylic acids is 2. The van der Waals surface area contributed by atoms with Crippen LogP contribution in [0.3, 0.4) is 0 Å². The smallest absolute Gasteiger partial charge is 0.269 e. The minimum absolute atomic E-state index is 0.0186. The van der Waals surface area contributed by atoms with E-state index in [1.54, 1.807) is 6.92 Å². The van der Waals surface area contributed by atoms with E-state index in [1.807, 2.05) is 4.72 Å². The Kier molecular flexibility index (Phi) is 5.71. The van der Waals surface area contributed by atoms with Crippen LogP contribution in [0.15, 0.2) is 47.5 Å². The molecule has 1 aromatic carbocycles. The molecule has 2 N–H and O–H groups in total. The van der Waals surface area contributed by atoms with Gasteiger partial charge in [-0.25, -0.2) is 13.1 Å². The van der Waals surface area contributed by atoms with E-state index in [2.05, 4.69) is 10.3 Å². The van der Waals surface area contributed by atoms with Gasteiger partial charge in [0.2, 0.25) is 0 Å². The van der Waals surface area contributed by atoms with Gasteiger partial charge in [-0.1, -0.05) is 0 Å². The molecule has 0 saturated heterocycles. The van der Waals surface area contributed by atoms with E-state index in [1.165, 1.54) is 43.5 Å². The molecule has 0 radical (unpaired) electrons. The molecule has 0 spiro atoms. The summed E-state index contributed by atoms with van der Waals surface area (Å²) < 4.78 is 31.3. The van der Waals surface area contributed by atoms with Crippen molar-refractivity contribution in [2.24, 2.45) is 0 Å². The molecule has 2 amide bonds. The number of pyridine rings is 1. The highest BCUT2D eigenvalue weighted by atomic mass is 32.2. The molecular weight excluding hydrogens is 346 g/mol. The maximum atomic E-state index is 12.2. The third-order valence-electron chi connectivity index (χ3n) is 3.19. The van der Waals surface area contributed by atoms with E-state index < -0.39 is 15.9 Å². The Morgan fingerprint density at radius 1 is 1.08 bits per heavy atom. The Hall–Kier alpha value is -2.94. The van der Waals surface area contributed by atoms with Crippen molar-refractivity contribution in [2.45, 2.75) is 11.8 Å². The van der Waals surface area contributed by atoms with Crippen LogP contribution in [0.4, 0.5) is 0 Å². The average molecular weight is 363 g/mol. The number of hydrogen-bond donors (Lipinski definition) is 2. The van der Waals surface area contributed by atoms with Gasteiger partial charge in [0.15, 0.2) is 0 Å². The topological polar surface area (TPSA) is 114 Å². The van der Waals surface area contributed by atoms with Crippen molar-refractivity contribution in [1.29, 1.82) is 0 Å². The van der Waals surface area contributed by atoms with Gasteiger partial charge in [-0.3, -0.25) is 14.6 Å². The Labute approximate surface area is 145 Å². The first kappa shape index (κ1) is 18.4. The second-order valence-electron chi connectivity index (χ2n) is 4.90. The van der Waals surface area contributed by atoms with Crippen molar-refractivity contribution in [3.63, 3.8) is 0 Å². The average Bonchev–Trinajstić information content (AvgIpc) is 2.61. The quantitative estimate of drug-likeness (QED) is 0.790. The summed E-state index contributed by atoms with van der Waals surface area (Å²) in [5.41, 5.74) is 0.154. The molecule has 1 aromatic heterocycles. The first-order valence-corrected chi connectivity index (χ1v) is 8.81. The van der Waals surface area contributed by atoms with Gasteiger partial charge in [0.05, 0.1) is 17.6 Å². The van der Waals surface area contributed by atoms with Gasteiger partial charge in [0.1, 0.15) is 11.4 Å². The third-order valence-corrected chi connectivity index (χ3v) is 4.54. The maximum Gasteiger partial charge on any atom is 0.269 e. The number of nitrogens with zero attached hydrogens (tertiary/aromatic N) is 1. The molecule has 0 aliphatic rings. The van der Waals surface area contributed by atoms with Crippen LogP contribution < -0.4 is 14.8 Å². The monoisotopic (exact) mass is 363 g/mol. The van der Waals surface area contributed by atoms with Gasteiger partial charge in [0.25, 0.3) is 21.8 Å². The summed E-state index contributed by atoms with van der Waals surface area (Å²) in [6.45, 7) is 2.21. The van der Waals surface area contributed by atoms with E-state index in [0.29, 0.717) is 12.3 Å². The number of nitrogens with one attached hydrogen (secondary N) is 2. The van der Waals surface area contributed by atoms with Gasteiger partial charge in [0, 0.05) is 12.7 Å². The fourth-order valence-electron chi connectivity index (χ4n) is 1.91. The van der Waals surface area contributed by atoms with Crippen LogP contribution in [0, 0.1) is 0 Å². The molecule has 0 aliphatic heterocycles. The predicted octanol–water partition coefficient (Wildman–Crippen LogP) is 0.959. The Morgan fingerprint density at radius 3 is 2.28 bits per heavy atom. The third kappa shape index (κ3) is 4.54. The van der Waals surface area contributed by atoms with E-state index in [4.69, 9.17) is 4.74 Å². The lowest BCUT2D eigenvalue weighted by Gasteiger charge is -2.08. The molecule has 132 valence electrons. The van der Waals surface area contributed by atoms with E-state index in [0.717, 1.165) is 6.20 Å². The molecule has 0 atom stereocenters. The second-order valence-corrected chi connectivity index (χ2v) is 6.58. The summed E-state index contributed by atoms with van der Waals surface area (Å²) in [4.78, 5) is 27.5. The van der Waals surface area contributed by atoms with Crippen LogP contribution in [0.2, 0.25) is 0 Å². The highest BCUT2D eigenvalue weighted by molar-refractivity contribution is 7.90. The number of carbonyl (C=O) groups is 2. The number of ether oxygens (including phenoxy) is 1. The van der Waals surface area contributed by atoms with Crippen molar-refractivity contribution >= 4 is 21.8 Å². The van der Waals surface area contributed by atoms with Crippen LogP contribution >= 0.6 is 0 Å². The molecule has 25 heavy (non-hydrogen) atoms. The van der Waals surface area contributed by atoms with Crippen molar-refractivity contribution in [3.05, 3.63) is 53.9 Å². The zero-order valence-electron chi connectivity index (χ0n) is 13.6. The summed E-state index contributed by atoms with van der Waals surface area (Å²) in [7, 11) is -2.57. The van der Waals surface area contributed by atoms with Crippen molar-refractivity contribution in [2.75, 3.05) is 13.7 Å². The first-order chi connectivity index (χ1) is 11.9. The lowest BCUT2D eigenvalue weighted by molar-refractivity contribution is 0.0945. The van der Waals surface area contributed by atoms with Gasteiger partial charge < -0.3 is 10.1 Å². The molecule has 0 bridgehead atoms. The lowest BCUT2D eigenvalue weighted by atomic mass is 10.2. The minimum atomic E-state index is -4.03. The fraction of sp³-hybridized carbons (Fsp3) is 0.188. The number of methoxy groups -OCH3 is 1. The molecule has 2 rings (SSSR count). The highest BCUT2D eigenvalue weighted by Crippen LogP contribution is 2.15. The molecule has 0 aliphatic carbocycles. The van der Waals surface area contributed by atoms with Crippen LogP contribution in [0.1, 0.15) is 27.8 Å². The zero-order valence-corrected chi connectivity index (χ0v) is 14.5. The second kappa shape index (κ2) is 7.75. The number of hydrogen-bond acceptors (Lipinski definition) is 6. The Bertz CT molecular complexity index is 862. The van der Waals surface area contributed by atoms with E-state index in [9.17, 15) is 18.0 Å². The molecular formula is C16H17N3O5S. The van der Waals surface area contributed by atoms with Crippen molar-refractivity contribution < 1.29 is 22.7 Å². The molecule has 0 saturated carbocycles. The van der Waals surface area contributed by atoms with Crippen molar-refractivity contribution in [1.82, 2.24) is 15.0 Å². The lowest BCUT2D eigenvalue weighted by Crippen LogP contribution is -2.31. The summed E-state index contributed by atoms with van der Waals surface area (Å²) in [5.74, 6) is -0.721. The highest BCUT2D eigenvalue weighted by Gasteiger charge is 2.19. The number of rotatable bonds is 6. The van der Waals surface area contributed by atoms with Gasteiger partial charge in [-0.2, -0.15) is 0 Å². The molecule has 0 unspecified atom stereocenters. The van der Waals surface area contributed by atoms with Crippen molar-refractivity contribution in [3.8, 4) is 5.75 Å². The van der Waals surface area contributed by atoms with E-state index >= 15 is 0 Å². The number of sulfonamides is 1. The summed E-state index contributed by atoms with van der Waals surface area (Å²) in [5, 5.41) is 2.57. The van der Waals surface area contributed by atoms with Crippen LogP contribution in [-0.2, 0) is 10.0 Å². The van der Waals surface area contributed by atoms with Gasteiger partial charge >= 0.3 is 0 Å². The van der Waals surface area contributed by atoms with Gasteiger partial charge in [-0.15, -0.1) is 0 Å². The van der Waals surface area contributed by atoms with Crippen LogP contribution in [0.5, 0.6) is 5.75 Å². The molecule has 0 fully saturated rings. The maximum absolute atomic E-state index is 12.2. The minimum Gasteiger partial charge on any atom is -0.497 e. The molecule has 9 heteroatoms. The molecule has 2 aromatic rings. The number of amides is 2. The molecule has 1 heterocycles. The standard InChI is InChI=1S/C16H17N3O5S/c1-3-17-16(21)14-9-4-11(10-18-14)15(20)19-25(22,23)13-7-5-12(24-2)6-8-13/h4-10H,3H2,1-2H3,(H,17,21)(H,19,20). The summed E-state index contributed by atoms with van der Waals surface area (Å²) >= 11 is 0. The number of benzene rings is 1. The fourth-order valence-corrected chi connectivity index (χ4v) is 2.88. The number of aromatic nitrogens is 1.